The topological polar surface area (TPSA) is 34.1 Å². The summed E-state index contributed by atoms with van der Waals surface area (Å²) >= 11 is 0. The molecule has 0 spiro atoms. The molecule has 0 saturated carbocycles. The highest BCUT2D eigenvalue weighted by Gasteiger charge is 2.13. The second-order valence-electron chi connectivity index (χ2n) is 3.30. The summed E-state index contributed by atoms with van der Waals surface area (Å²) in [6.07, 6.45) is 4.77. The predicted octanol–water partition coefficient (Wildman–Crippen LogP) is 0.960. The SMILES string of the molecule is c1cc(CNC2CCOC2)ccn1. The first-order valence-corrected chi connectivity index (χ1v) is 4.65. The number of pyridine rings is 1. The maximum absolute atomic E-state index is 5.27. The minimum Gasteiger partial charge on any atom is -0.380 e. The quantitative estimate of drug-likeness (QED) is 0.748. The third-order valence-electron chi connectivity index (χ3n) is 2.27. The van der Waals surface area contributed by atoms with Gasteiger partial charge in [-0.25, -0.2) is 0 Å². The van der Waals surface area contributed by atoms with Gasteiger partial charge in [0.05, 0.1) is 6.61 Å². The van der Waals surface area contributed by atoms with Crippen molar-refractivity contribution in [1.82, 2.24) is 10.3 Å². The van der Waals surface area contributed by atoms with Crippen molar-refractivity contribution in [2.45, 2.75) is 19.0 Å². The van der Waals surface area contributed by atoms with Gasteiger partial charge in [0.15, 0.2) is 0 Å². The van der Waals surface area contributed by atoms with Gasteiger partial charge in [0.25, 0.3) is 0 Å². The second kappa shape index (κ2) is 4.35. The number of aromatic nitrogens is 1. The molecule has 1 aliphatic rings. The summed E-state index contributed by atoms with van der Waals surface area (Å²) in [7, 11) is 0. The van der Waals surface area contributed by atoms with Crippen LogP contribution in [0.5, 0.6) is 0 Å². The maximum atomic E-state index is 5.27. The van der Waals surface area contributed by atoms with Crippen molar-refractivity contribution in [2.24, 2.45) is 0 Å². The van der Waals surface area contributed by atoms with Crippen molar-refractivity contribution < 1.29 is 4.74 Å². The summed E-state index contributed by atoms with van der Waals surface area (Å²) in [5.41, 5.74) is 1.28. The van der Waals surface area contributed by atoms with Gasteiger partial charge in [0.2, 0.25) is 0 Å². The van der Waals surface area contributed by atoms with Crippen molar-refractivity contribution in [3.05, 3.63) is 30.1 Å². The van der Waals surface area contributed by atoms with E-state index < -0.39 is 0 Å². The van der Waals surface area contributed by atoms with Crippen LogP contribution >= 0.6 is 0 Å². The maximum Gasteiger partial charge on any atom is 0.0620 e. The summed E-state index contributed by atoms with van der Waals surface area (Å²) in [6.45, 7) is 2.66. The molecule has 0 aromatic carbocycles. The minimum atomic E-state index is 0.535. The number of hydrogen-bond acceptors (Lipinski definition) is 3. The molecular formula is C10H14N2O. The average molecular weight is 178 g/mol. The van der Waals surface area contributed by atoms with E-state index in [1.54, 1.807) is 0 Å². The van der Waals surface area contributed by atoms with Crippen molar-refractivity contribution >= 4 is 0 Å². The standard InChI is InChI=1S/C10H14N2O/c1-4-11-5-2-9(1)7-12-10-3-6-13-8-10/h1-2,4-5,10,12H,3,6-8H2. The molecule has 1 unspecified atom stereocenters. The van der Waals surface area contributed by atoms with E-state index in [2.05, 4.69) is 10.3 Å². The molecule has 0 bridgehead atoms. The summed E-state index contributed by atoms with van der Waals surface area (Å²) in [4.78, 5) is 3.97. The van der Waals surface area contributed by atoms with Crippen LogP contribution < -0.4 is 5.32 Å². The molecule has 0 radical (unpaired) electrons. The number of nitrogens with one attached hydrogen (secondary N) is 1. The van der Waals surface area contributed by atoms with Crippen LogP contribution in [0.4, 0.5) is 0 Å². The lowest BCUT2D eigenvalue weighted by atomic mass is 10.2. The molecule has 1 aromatic heterocycles. The van der Waals surface area contributed by atoms with Crippen molar-refractivity contribution in [3.8, 4) is 0 Å². The minimum absolute atomic E-state index is 0.535. The smallest absolute Gasteiger partial charge is 0.0620 e. The highest BCUT2D eigenvalue weighted by atomic mass is 16.5. The van der Waals surface area contributed by atoms with Gasteiger partial charge in [-0.15, -0.1) is 0 Å². The molecule has 1 saturated heterocycles. The molecule has 0 aliphatic carbocycles. The van der Waals surface area contributed by atoms with Crippen LogP contribution in [0.1, 0.15) is 12.0 Å². The Hall–Kier alpha value is -0.930. The zero-order chi connectivity index (χ0) is 8.93. The largest absolute Gasteiger partial charge is 0.380 e. The zero-order valence-electron chi connectivity index (χ0n) is 7.57. The Balaban J connectivity index is 1.79. The van der Waals surface area contributed by atoms with E-state index in [1.807, 2.05) is 24.5 Å². The molecule has 1 aliphatic heterocycles. The van der Waals surface area contributed by atoms with Crippen molar-refractivity contribution in [2.75, 3.05) is 13.2 Å². The van der Waals surface area contributed by atoms with Crippen LogP contribution in [0.15, 0.2) is 24.5 Å². The summed E-state index contributed by atoms with van der Waals surface area (Å²) < 4.78 is 5.27. The summed E-state index contributed by atoms with van der Waals surface area (Å²) in [5, 5.41) is 3.45. The van der Waals surface area contributed by atoms with Gasteiger partial charge < -0.3 is 10.1 Å². The fourth-order valence-electron chi connectivity index (χ4n) is 1.46. The first kappa shape index (κ1) is 8.66. The lowest BCUT2D eigenvalue weighted by Gasteiger charge is -2.09. The van der Waals surface area contributed by atoms with Gasteiger partial charge in [-0.2, -0.15) is 0 Å². The van der Waals surface area contributed by atoms with Crippen molar-refractivity contribution in [3.63, 3.8) is 0 Å². The van der Waals surface area contributed by atoms with E-state index >= 15 is 0 Å². The van der Waals surface area contributed by atoms with E-state index in [-0.39, 0.29) is 0 Å². The van der Waals surface area contributed by atoms with E-state index in [9.17, 15) is 0 Å². The van der Waals surface area contributed by atoms with Gasteiger partial charge in [0.1, 0.15) is 0 Å². The molecule has 1 fully saturated rings. The fraction of sp³-hybridized carbons (Fsp3) is 0.500. The van der Waals surface area contributed by atoms with Crippen LogP contribution in [-0.2, 0) is 11.3 Å². The van der Waals surface area contributed by atoms with Crippen LogP contribution in [0.25, 0.3) is 0 Å². The third-order valence-corrected chi connectivity index (χ3v) is 2.27. The van der Waals surface area contributed by atoms with E-state index in [0.717, 1.165) is 26.2 Å². The average Bonchev–Trinajstić information content (AvgIpc) is 2.69. The van der Waals surface area contributed by atoms with Gasteiger partial charge in [0, 0.05) is 31.6 Å². The lowest BCUT2D eigenvalue weighted by molar-refractivity contribution is 0.190. The molecule has 0 amide bonds. The normalized spacial score (nSPS) is 22.0. The first-order chi connectivity index (χ1) is 6.45. The van der Waals surface area contributed by atoms with Crippen LogP contribution in [0.2, 0.25) is 0 Å². The summed E-state index contributed by atoms with van der Waals surface area (Å²) in [6, 6.07) is 4.60. The molecule has 13 heavy (non-hydrogen) atoms. The Morgan fingerprint density at radius 2 is 2.31 bits per heavy atom. The van der Waals surface area contributed by atoms with E-state index in [4.69, 9.17) is 4.74 Å². The molecule has 3 heteroatoms. The Kier molecular flexibility index (Phi) is 2.90. The zero-order valence-corrected chi connectivity index (χ0v) is 7.57. The Morgan fingerprint density at radius 3 is 3.00 bits per heavy atom. The Labute approximate surface area is 78.1 Å². The molecule has 3 nitrogen and oxygen atoms in total. The summed E-state index contributed by atoms with van der Waals surface area (Å²) in [5.74, 6) is 0. The second-order valence-corrected chi connectivity index (χ2v) is 3.30. The van der Waals surface area contributed by atoms with E-state index in [0.29, 0.717) is 6.04 Å². The van der Waals surface area contributed by atoms with Gasteiger partial charge in [-0.05, 0) is 24.1 Å². The highest BCUT2D eigenvalue weighted by Crippen LogP contribution is 2.04. The number of ether oxygens (including phenoxy) is 1. The van der Waals surface area contributed by atoms with Gasteiger partial charge in [-0.3, -0.25) is 4.98 Å². The third kappa shape index (κ3) is 2.50. The molecule has 1 N–H and O–H groups in total. The molecule has 1 atom stereocenters. The molecule has 1 aromatic rings. The van der Waals surface area contributed by atoms with Crippen LogP contribution in [-0.4, -0.2) is 24.2 Å². The number of rotatable bonds is 3. The lowest BCUT2D eigenvalue weighted by Crippen LogP contribution is -2.28. The van der Waals surface area contributed by atoms with Gasteiger partial charge in [-0.1, -0.05) is 0 Å². The molecular weight excluding hydrogens is 164 g/mol. The van der Waals surface area contributed by atoms with E-state index in [1.165, 1.54) is 5.56 Å². The van der Waals surface area contributed by atoms with Crippen LogP contribution in [0.3, 0.4) is 0 Å². The van der Waals surface area contributed by atoms with Crippen LogP contribution in [0, 0.1) is 0 Å². The monoisotopic (exact) mass is 178 g/mol. The molecule has 2 rings (SSSR count). The van der Waals surface area contributed by atoms with Crippen molar-refractivity contribution in [1.29, 1.82) is 0 Å². The number of hydrogen-bond donors (Lipinski definition) is 1. The van der Waals surface area contributed by atoms with Gasteiger partial charge >= 0.3 is 0 Å². The molecule has 70 valence electrons. The Bertz CT molecular complexity index is 244. The molecule has 2 heterocycles. The first-order valence-electron chi connectivity index (χ1n) is 4.65. The highest BCUT2D eigenvalue weighted by molar-refractivity contribution is 5.09. The Morgan fingerprint density at radius 1 is 1.46 bits per heavy atom. The predicted molar refractivity (Wildman–Crippen MR) is 50.3 cm³/mol. The fourth-order valence-corrected chi connectivity index (χ4v) is 1.46. The number of nitrogens with zero attached hydrogens (tertiary/aromatic N) is 1.